The van der Waals surface area contributed by atoms with Gasteiger partial charge in [-0.3, -0.25) is 9.79 Å². The van der Waals surface area contributed by atoms with Crippen LogP contribution in [0, 0.1) is 6.92 Å². The number of aryl methyl sites for hydroxylation is 1. The molecule has 1 amide bonds. The van der Waals surface area contributed by atoms with Crippen LogP contribution in [0.2, 0.25) is 0 Å². The minimum absolute atomic E-state index is 0. The lowest BCUT2D eigenvalue weighted by Crippen LogP contribution is -2.39. The Balaban J connectivity index is 0.00000300. The van der Waals surface area contributed by atoms with Gasteiger partial charge in [0, 0.05) is 30.6 Å². The average molecular weight is 510 g/mol. The topological polar surface area (TPSA) is 78.7 Å². The average Bonchev–Trinajstić information content (AvgIpc) is 3.39. The van der Waals surface area contributed by atoms with Gasteiger partial charge in [-0.25, -0.2) is 0 Å². The normalized spacial score (nSPS) is 14.6. The highest BCUT2D eigenvalue weighted by atomic mass is 127. The zero-order chi connectivity index (χ0) is 19.8. The van der Waals surface area contributed by atoms with Crippen LogP contribution in [0.5, 0.6) is 0 Å². The molecule has 7 heteroatoms. The molecule has 1 aromatic carbocycles. The molecule has 3 N–H and O–H groups in total. The monoisotopic (exact) mass is 510 g/mol. The molecule has 0 atom stereocenters. The number of carbonyl (C=O) groups is 1. The van der Waals surface area contributed by atoms with Gasteiger partial charge in [0.05, 0.1) is 12.8 Å². The number of amides is 1. The summed E-state index contributed by atoms with van der Waals surface area (Å²) < 4.78 is 5.20. The lowest BCUT2D eigenvalue weighted by Gasteiger charge is -2.16. The molecule has 0 unspecified atom stereocenters. The largest absolute Gasteiger partial charge is 0.459 e. The van der Waals surface area contributed by atoms with Crippen molar-refractivity contribution in [3.05, 3.63) is 59.5 Å². The standard InChI is InChI=1S/C22H30N4O2.HI/c1-3-23-21(26-16-22(11-12-22)18-8-5-4-6-9-18)25-14-7-13-24-20(27)19-17(2)10-15-28-19;/h4-6,8-10,15H,3,7,11-14,16H2,1-2H3,(H,24,27)(H2,23,25,26);1H. The number of guanidine groups is 1. The molecule has 0 aliphatic heterocycles. The van der Waals surface area contributed by atoms with Gasteiger partial charge in [0.15, 0.2) is 11.7 Å². The van der Waals surface area contributed by atoms with Crippen molar-refractivity contribution in [1.29, 1.82) is 0 Å². The summed E-state index contributed by atoms with van der Waals surface area (Å²) in [6, 6.07) is 12.4. The fraction of sp³-hybridized carbons (Fsp3) is 0.455. The van der Waals surface area contributed by atoms with Crippen LogP contribution in [-0.2, 0) is 5.41 Å². The highest BCUT2D eigenvalue weighted by Gasteiger charge is 2.43. The van der Waals surface area contributed by atoms with Gasteiger partial charge in [0.25, 0.3) is 5.91 Å². The Hall–Kier alpha value is -2.03. The number of carbonyl (C=O) groups excluding carboxylic acids is 1. The van der Waals surface area contributed by atoms with E-state index in [1.165, 1.54) is 24.7 Å². The van der Waals surface area contributed by atoms with Gasteiger partial charge in [-0.15, -0.1) is 24.0 Å². The smallest absolute Gasteiger partial charge is 0.287 e. The highest BCUT2D eigenvalue weighted by Crippen LogP contribution is 2.48. The van der Waals surface area contributed by atoms with Crippen LogP contribution in [0.3, 0.4) is 0 Å². The van der Waals surface area contributed by atoms with Crippen LogP contribution in [0.4, 0.5) is 0 Å². The van der Waals surface area contributed by atoms with Crippen molar-refractivity contribution in [1.82, 2.24) is 16.0 Å². The third kappa shape index (κ3) is 6.48. The lowest BCUT2D eigenvalue weighted by molar-refractivity contribution is 0.0925. The van der Waals surface area contributed by atoms with E-state index in [-0.39, 0.29) is 35.3 Å². The first-order chi connectivity index (χ1) is 13.6. The Bertz CT molecular complexity index is 800. The van der Waals surface area contributed by atoms with E-state index >= 15 is 0 Å². The number of benzene rings is 1. The van der Waals surface area contributed by atoms with Crippen molar-refractivity contribution < 1.29 is 9.21 Å². The summed E-state index contributed by atoms with van der Waals surface area (Å²) in [4.78, 5) is 16.8. The number of halogens is 1. The zero-order valence-electron chi connectivity index (χ0n) is 17.2. The van der Waals surface area contributed by atoms with Crippen molar-refractivity contribution in [2.24, 2.45) is 4.99 Å². The maximum absolute atomic E-state index is 12.0. The predicted molar refractivity (Wildman–Crippen MR) is 127 cm³/mol. The molecule has 0 radical (unpaired) electrons. The highest BCUT2D eigenvalue weighted by molar-refractivity contribution is 14.0. The van der Waals surface area contributed by atoms with Crippen LogP contribution in [0.1, 0.15) is 47.9 Å². The van der Waals surface area contributed by atoms with E-state index in [0.29, 0.717) is 12.3 Å². The first-order valence-electron chi connectivity index (χ1n) is 10.0. The van der Waals surface area contributed by atoms with Crippen molar-refractivity contribution in [3.63, 3.8) is 0 Å². The summed E-state index contributed by atoms with van der Waals surface area (Å²) >= 11 is 0. The van der Waals surface area contributed by atoms with Gasteiger partial charge in [0.2, 0.25) is 0 Å². The number of rotatable bonds is 9. The summed E-state index contributed by atoms with van der Waals surface area (Å²) in [6.07, 6.45) is 4.73. The molecule has 0 bridgehead atoms. The van der Waals surface area contributed by atoms with E-state index in [1.807, 2.05) is 6.92 Å². The van der Waals surface area contributed by atoms with Crippen LogP contribution < -0.4 is 16.0 Å². The number of hydrogen-bond donors (Lipinski definition) is 3. The fourth-order valence-electron chi connectivity index (χ4n) is 3.24. The summed E-state index contributed by atoms with van der Waals surface area (Å²) in [5, 5.41) is 9.54. The maximum Gasteiger partial charge on any atom is 0.287 e. The zero-order valence-corrected chi connectivity index (χ0v) is 19.5. The second-order valence-corrected chi connectivity index (χ2v) is 7.31. The summed E-state index contributed by atoms with van der Waals surface area (Å²) in [7, 11) is 0. The van der Waals surface area contributed by atoms with Crippen LogP contribution in [0.25, 0.3) is 0 Å². The van der Waals surface area contributed by atoms with Gasteiger partial charge in [-0.1, -0.05) is 30.3 Å². The quantitative estimate of drug-likeness (QED) is 0.209. The molecular weight excluding hydrogens is 479 g/mol. The molecule has 0 spiro atoms. The van der Waals surface area contributed by atoms with E-state index in [1.54, 1.807) is 6.07 Å². The Morgan fingerprint density at radius 1 is 1.10 bits per heavy atom. The van der Waals surface area contributed by atoms with E-state index in [2.05, 4.69) is 53.2 Å². The molecule has 1 fully saturated rings. The first-order valence-corrected chi connectivity index (χ1v) is 10.0. The molecule has 6 nitrogen and oxygen atoms in total. The van der Waals surface area contributed by atoms with Crippen LogP contribution in [-0.4, -0.2) is 38.0 Å². The Kier molecular flexibility index (Phi) is 9.00. The molecule has 3 rings (SSSR count). The van der Waals surface area contributed by atoms with E-state index in [9.17, 15) is 4.79 Å². The molecule has 1 aliphatic rings. The van der Waals surface area contributed by atoms with Crippen LogP contribution in [0.15, 0.2) is 52.1 Å². The SMILES string of the molecule is CCNC(=NCC1(c2ccccc2)CC1)NCCCNC(=O)c1occc1C.I. The summed E-state index contributed by atoms with van der Waals surface area (Å²) in [5.41, 5.74) is 2.44. The van der Waals surface area contributed by atoms with Crippen molar-refractivity contribution in [3.8, 4) is 0 Å². The number of furan rings is 1. The molecular formula is C22H31IN4O2. The van der Waals surface area contributed by atoms with E-state index < -0.39 is 0 Å². The van der Waals surface area contributed by atoms with Gasteiger partial charge < -0.3 is 20.4 Å². The van der Waals surface area contributed by atoms with Gasteiger partial charge >= 0.3 is 0 Å². The molecule has 0 saturated heterocycles. The van der Waals surface area contributed by atoms with Gasteiger partial charge in [-0.2, -0.15) is 0 Å². The number of hydrogen-bond acceptors (Lipinski definition) is 3. The van der Waals surface area contributed by atoms with Gasteiger partial charge in [-0.05, 0) is 44.7 Å². The lowest BCUT2D eigenvalue weighted by atomic mass is 9.96. The second-order valence-electron chi connectivity index (χ2n) is 7.31. The molecule has 1 aliphatic carbocycles. The first kappa shape index (κ1) is 23.3. The van der Waals surface area contributed by atoms with E-state index in [4.69, 9.17) is 9.41 Å². The van der Waals surface area contributed by atoms with Crippen LogP contribution >= 0.6 is 24.0 Å². The maximum atomic E-state index is 12.0. The molecule has 1 saturated carbocycles. The third-order valence-corrected chi connectivity index (χ3v) is 5.12. The van der Waals surface area contributed by atoms with Crippen molar-refractivity contribution in [2.75, 3.05) is 26.2 Å². The molecule has 1 heterocycles. The number of aliphatic imine (C=N–C) groups is 1. The number of nitrogens with zero attached hydrogens (tertiary/aromatic N) is 1. The number of nitrogens with one attached hydrogen (secondary N) is 3. The predicted octanol–water partition coefficient (Wildman–Crippen LogP) is 3.61. The van der Waals surface area contributed by atoms with Crippen molar-refractivity contribution >= 4 is 35.8 Å². The Morgan fingerprint density at radius 2 is 1.83 bits per heavy atom. The summed E-state index contributed by atoms with van der Waals surface area (Å²) in [5.74, 6) is 1.05. The minimum atomic E-state index is -0.165. The molecule has 2 aromatic rings. The summed E-state index contributed by atoms with van der Waals surface area (Å²) in [6.45, 7) is 6.86. The Labute approximate surface area is 190 Å². The molecule has 29 heavy (non-hydrogen) atoms. The Morgan fingerprint density at radius 3 is 2.45 bits per heavy atom. The second kappa shape index (κ2) is 11.2. The molecule has 158 valence electrons. The molecule has 1 aromatic heterocycles. The third-order valence-electron chi connectivity index (χ3n) is 5.12. The van der Waals surface area contributed by atoms with Crippen molar-refractivity contribution in [2.45, 2.75) is 38.5 Å². The minimum Gasteiger partial charge on any atom is -0.459 e. The van der Waals surface area contributed by atoms with Gasteiger partial charge in [0.1, 0.15) is 0 Å². The fourth-order valence-corrected chi connectivity index (χ4v) is 3.24. The van der Waals surface area contributed by atoms with E-state index in [0.717, 1.165) is 37.6 Å².